The lowest BCUT2D eigenvalue weighted by Crippen LogP contribution is -2.21. The molecule has 0 spiro atoms. The minimum Gasteiger partial charge on any atom is -0.486 e. The first-order valence-corrected chi connectivity index (χ1v) is 12.3. The maximum Gasteiger partial charge on any atom is 0.338 e. The number of anilines is 2. The van der Waals surface area contributed by atoms with E-state index >= 15 is 0 Å². The summed E-state index contributed by atoms with van der Waals surface area (Å²) in [7, 11) is -3.89. The second-order valence-electron chi connectivity index (χ2n) is 7.12. The molecule has 1 heterocycles. The van der Waals surface area contributed by atoms with E-state index in [1.165, 1.54) is 42.5 Å². The summed E-state index contributed by atoms with van der Waals surface area (Å²) < 4.78 is 44.6. The molecule has 3 aromatic carbocycles. The molecular formula is C23H19BrN2O7S. The molecule has 1 amide bonds. The second kappa shape index (κ2) is 10.1. The Kier molecular flexibility index (Phi) is 7.03. The number of carbonyl (C=O) groups is 2. The Morgan fingerprint density at radius 2 is 1.53 bits per heavy atom. The Balaban J connectivity index is 1.33. The van der Waals surface area contributed by atoms with Gasteiger partial charge in [-0.05, 0) is 60.7 Å². The number of carbonyl (C=O) groups excluding carboxylic acids is 2. The van der Waals surface area contributed by atoms with Crippen molar-refractivity contribution < 1.29 is 32.2 Å². The number of fused-ring (bicyclic) bond motifs is 1. The molecule has 0 bridgehead atoms. The molecule has 9 nitrogen and oxygen atoms in total. The van der Waals surface area contributed by atoms with Crippen LogP contribution >= 0.6 is 15.9 Å². The fourth-order valence-corrected chi connectivity index (χ4v) is 4.36. The summed E-state index contributed by atoms with van der Waals surface area (Å²) in [5, 5.41) is 2.61. The van der Waals surface area contributed by atoms with E-state index in [0.717, 1.165) is 4.47 Å². The van der Waals surface area contributed by atoms with Crippen LogP contribution in [0.3, 0.4) is 0 Å². The zero-order valence-electron chi connectivity index (χ0n) is 17.6. The lowest BCUT2D eigenvalue weighted by atomic mass is 10.2. The van der Waals surface area contributed by atoms with Crippen LogP contribution in [0.25, 0.3) is 0 Å². The highest BCUT2D eigenvalue weighted by atomic mass is 79.9. The molecule has 0 saturated carbocycles. The summed E-state index contributed by atoms with van der Waals surface area (Å²) >= 11 is 3.30. The number of hydrogen-bond acceptors (Lipinski definition) is 7. The fraction of sp³-hybridized carbons (Fsp3) is 0.130. The molecule has 0 fully saturated rings. The summed E-state index contributed by atoms with van der Waals surface area (Å²) in [6.07, 6.45) is 0. The predicted octanol–water partition coefficient (Wildman–Crippen LogP) is 3.82. The van der Waals surface area contributed by atoms with Gasteiger partial charge in [-0.15, -0.1) is 0 Å². The van der Waals surface area contributed by atoms with Crippen molar-refractivity contribution in [2.45, 2.75) is 4.90 Å². The van der Waals surface area contributed by atoms with Crippen LogP contribution in [-0.2, 0) is 19.6 Å². The average Bonchev–Trinajstić information content (AvgIpc) is 2.84. The summed E-state index contributed by atoms with van der Waals surface area (Å²) in [5.41, 5.74) is 0.983. The lowest BCUT2D eigenvalue weighted by molar-refractivity contribution is -0.119. The normalized spacial score (nSPS) is 12.5. The van der Waals surface area contributed by atoms with Crippen molar-refractivity contribution in [2.24, 2.45) is 0 Å². The molecule has 0 aliphatic carbocycles. The first-order valence-electron chi connectivity index (χ1n) is 10.1. The van der Waals surface area contributed by atoms with E-state index in [2.05, 4.69) is 26.0 Å². The van der Waals surface area contributed by atoms with Crippen molar-refractivity contribution in [3.63, 3.8) is 0 Å². The molecule has 0 saturated heterocycles. The summed E-state index contributed by atoms with van der Waals surface area (Å²) in [6, 6.07) is 16.9. The van der Waals surface area contributed by atoms with Gasteiger partial charge in [0.2, 0.25) is 0 Å². The van der Waals surface area contributed by atoms with Crippen LogP contribution in [0.15, 0.2) is 76.1 Å². The van der Waals surface area contributed by atoms with Gasteiger partial charge in [-0.3, -0.25) is 9.52 Å². The number of sulfonamides is 1. The molecule has 0 aromatic heterocycles. The monoisotopic (exact) mass is 546 g/mol. The van der Waals surface area contributed by atoms with E-state index in [-0.39, 0.29) is 16.1 Å². The second-order valence-corrected chi connectivity index (χ2v) is 9.72. The number of benzene rings is 3. The minimum absolute atomic E-state index is 0.0111. The average molecular weight is 547 g/mol. The van der Waals surface area contributed by atoms with Gasteiger partial charge in [0.1, 0.15) is 13.2 Å². The van der Waals surface area contributed by atoms with Crippen LogP contribution < -0.4 is 19.5 Å². The third-order valence-electron chi connectivity index (χ3n) is 4.66. The zero-order valence-corrected chi connectivity index (χ0v) is 20.0. The number of halogens is 1. The van der Waals surface area contributed by atoms with Gasteiger partial charge < -0.3 is 19.5 Å². The Labute approximate surface area is 204 Å². The molecule has 2 N–H and O–H groups in total. The van der Waals surface area contributed by atoms with Crippen LogP contribution in [0, 0.1) is 0 Å². The first-order chi connectivity index (χ1) is 16.3. The number of hydrogen-bond donors (Lipinski definition) is 2. The Bertz CT molecular complexity index is 1310. The Morgan fingerprint density at radius 1 is 0.882 bits per heavy atom. The topological polar surface area (TPSA) is 120 Å². The van der Waals surface area contributed by atoms with Crippen LogP contribution in [-0.4, -0.2) is 40.1 Å². The van der Waals surface area contributed by atoms with E-state index in [1.54, 1.807) is 24.3 Å². The molecule has 34 heavy (non-hydrogen) atoms. The lowest BCUT2D eigenvalue weighted by Gasteiger charge is -2.19. The Morgan fingerprint density at radius 3 is 2.24 bits per heavy atom. The van der Waals surface area contributed by atoms with Crippen molar-refractivity contribution in [3.05, 3.63) is 76.8 Å². The highest BCUT2D eigenvalue weighted by molar-refractivity contribution is 9.10. The van der Waals surface area contributed by atoms with Gasteiger partial charge in [-0.1, -0.05) is 15.9 Å². The molecule has 0 unspecified atom stereocenters. The van der Waals surface area contributed by atoms with E-state index in [1.807, 2.05) is 0 Å². The highest BCUT2D eigenvalue weighted by Gasteiger charge is 2.20. The van der Waals surface area contributed by atoms with Gasteiger partial charge in [0.05, 0.1) is 10.5 Å². The zero-order chi connectivity index (χ0) is 24.1. The van der Waals surface area contributed by atoms with E-state index in [4.69, 9.17) is 14.2 Å². The van der Waals surface area contributed by atoms with Crippen LogP contribution in [0.2, 0.25) is 0 Å². The number of esters is 1. The number of nitrogens with one attached hydrogen (secondary N) is 2. The van der Waals surface area contributed by atoms with Crippen molar-refractivity contribution in [1.29, 1.82) is 0 Å². The molecule has 11 heteroatoms. The third-order valence-corrected chi connectivity index (χ3v) is 6.57. The smallest absolute Gasteiger partial charge is 0.338 e. The van der Waals surface area contributed by atoms with E-state index < -0.39 is 28.5 Å². The quantitative estimate of drug-likeness (QED) is 0.432. The van der Waals surface area contributed by atoms with Crippen LogP contribution in [0.4, 0.5) is 11.4 Å². The highest BCUT2D eigenvalue weighted by Crippen LogP contribution is 2.32. The maximum absolute atomic E-state index is 12.7. The van der Waals surface area contributed by atoms with Gasteiger partial charge in [-0.2, -0.15) is 0 Å². The molecule has 0 radical (unpaired) electrons. The maximum atomic E-state index is 12.7. The predicted molar refractivity (Wildman–Crippen MR) is 128 cm³/mol. The number of amides is 1. The molecule has 1 aliphatic heterocycles. The van der Waals surface area contributed by atoms with Gasteiger partial charge in [0.25, 0.3) is 15.9 Å². The van der Waals surface area contributed by atoms with Crippen molar-refractivity contribution in [3.8, 4) is 11.5 Å². The summed E-state index contributed by atoms with van der Waals surface area (Å²) in [5.74, 6) is -0.360. The molecule has 0 atom stereocenters. The molecule has 3 aromatic rings. The first kappa shape index (κ1) is 23.6. The molecule has 4 rings (SSSR count). The molecule has 176 valence electrons. The van der Waals surface area contributed by atoms with Gasteiger partial charge in [0, 0.05) is 21.9 Å². The molecular weight excluding hydrogens is 528 g/mol. The Hall–Kier alpha value is -3.57. The van der Waals surface area contributed by atoms with Gasteiger partial charge >= 0.3 is 5.97 Å². The standard InChI is InChI=1S/C23H19BrN2O7S/c24-16-3-7-17(8-4-16)25-22(27)14-33-23(28)15-1-5-18(6-2-15)26-34(29,30)19-9-10-20-21(13-19)32-12-11-31-20/h1-10,13,26H,11-12,14H2,(H,25,27). The van der Waals surface area contributed by atoms with Gasteiger partial charge in [0.15, 0.2) is 18.1 Å². The van der Waals surface area contributed by atoms with Crippen LogP contribution in [0.5, 0.6) is 11.5 Å². The van der Waals surface area contributed by atoms with E-state index in [9.17, 15) is 18.0 Å². The largest absolute Gasteiger partial charge is 0.486 e. The SMILES string of the molecule is O=C(COC(=O)c1ccc(NS(=O)(=O)c2ccc3c(c2)OCCO3)cc1)Nc1ccc(Br)cc1. The molecule has 1 aliphatic rings. The van der Waals surface area contributed by atoms with Crippen molar-refractivity contribution in [2.75, 3.05) is 29.9 Å². The van der Waals surface area contributed by atoms with E-state index in [0.29, 0.717) is 30.4 Å². The van der Waals surface area contributed by atoms with Crippen molar-refractivity contribution >= 4 is 49.2 Å². The van der Waals surface area contributed by atoms with Crippen LogP contribution in [0.1, 0.15) is 10.4 Å². The van der Waals surface area contributed by atoms with Crippen molar-refractivity contribution in [1.82, 2.24) is 0 Å². The van der Waals surface area contributed by atoms with Gasteiger partial charge in [-0.25, -0.2) is 13.2 Å². The summed E-state index contributed by atoms with van der Waals surface area (Å²) in [6.45, 7) is 0.281. The number of rotatable bonds is 7. The minimum atomic E-state index is -3.89. The fourth-order valence-electron chi connectivity index (χ4n) is 3.02. The number of ether oxygens (including phenoxy) is 3. The third kappa shape index (κ3) is 5.86. The summed E-state index contributed by atoms with van der Waals surface area (Å²) in [4.78, 5) is 24.2.